The van der Waals surface area contributed by atoms with Gasteiger partial charge in [-0.05, 0) is 48.2 Å². The monoisotopic (exact) mass is 399 g/mol. The lowest BCUT2D eigenvalue weighted by atomic mass is 9.99. The fourth-order valence-corrected chi connectivity index (χ4v) is 3.73. The number of fused-ring (bicyclic) bond motifs is 1. The molecule has 2 heterocycles. The first-order chi connectivity index (χ1) is 14.6. The predicted octanol–water partition coefficient (Wildman–Crippen LogP) is 5.50. The van der Waals surface area contributed by atoms with Gasteiger partial charge in [0.25, 0.3) is 0 Å². The van der Waals surface area contributed by atoms with Gasteiger partial charge in [0, 0.05) is 12.1 Å². The number of aromatic carboxylic acids is 1. The van der Waals surface area contributed by atoms with Crippen molar-refractivity contribution >= 4 is 17.1 Å². The van der Waals surface area contributed by atoms with E-state index in [0.29, 0.717) is 12.1 Å². The van der Waals surface area contributed by atoms with Crippen molar-refractivity contribution in [3.05, 3.63) is 83.3 Å². The van der Waals surface area contributed by atoms with E-state index in [1.807, 2.05) is 43.3 Å². The number of aromatic nitrogens is 3. The molecular weight excluding hydrogens is 374 g/mol. The lowest BCUT2D eigenvalue weighted by molar-refractivity contribution is 0.0697. The second kappa shape index (κ2) is 8.49. The van der Waals surface area contributed by atoms with Crippen LogP contribution in [0.5, 0.6) is 0 Å². The first-order valence-electron chi connectivity index (χ1n) is 10.3. The molecule has 0 saturated heterocycles. The molecule has 152 valence electrons. The molecule has 2 aromatic carbocycles. The van der Waals surface area contributed by atoms with Gasteiger partial charge in [0.2, 0.25) is 0 Å². The van der Waals surface area contributed by atoms with E-state index in [2.05, 4.69) is 23.6 Å². The van der Waals surface area contributed by atoms with Crippen LogP contribution >= 0.6 is 0 Å². The molecule has 0 amide bonds. The van der Waals surface area contributed by atoms with Crippen LogP contribution in [-0.2, 0) is 13.0 Å². The number of hydrogen-bond acceptors (Lipinski definition) is 3. The Kier molecular flexibility index (Phi) is 5.61. The zero-order chi connectivity index (χ0) is 21.1. The minimum absolute atomic E-state index is 0.312. The lowest BCUT2D eigenvalue weighted by Crippen LogP contribution is -2.06. The molecule has 1 N–H and O–H groups in total. The van der Waals surface area contributed by atoms with Crippen molar-refractivity contribution in [3.63, 3.8) is 0 Å². The Labute approximate surface area is 176 Å². The van der Waals surface area contributed by atoms with Crippen LogP contribution in [0.2, 0.25) is 0 Å². The highest BCUT2D eigenvalue weighted by Crippen LogP contribution is 2.25. The summed E-state index contributed by atoms with van der Waals surface area (Å²) in [4.78, 5) is 21.1. The summed E-state index contributed by atoms with van der Waals surface area (Å²) < 4.78 is 2.21. The molecule has 4 rings (SSSR count). The van der Waals surface area contributed by atoms with Crippen molar-refractivity contribution in [3.8, 4) is 11.1 Å². The van der Waals surface area contributed by atoms with E-state index in [1.165, 1.54) is 0 Å². The van der Waals surface area contributed by atoms with Gasteiger partial charge in [-0.2, -0.15) is 0 Å². The van der Waals surface area contributed by atoms with Crippen LogP contribution in [0.25, 0.3) is 22.3 Å². The maximum Gasteiger partial charge on any atom is 0.336 e. The first-order valence-corrected chi connectivity index (χ1v) is 10.3. The molecule has 0 unspecified atom stereocenters. The molecule has 4 aromatic rings. The number of rotatable bonds is 7. The first kappa shape index (κ1) is 19.8. The SMILES string of the molecule is CCCCc1nc2ccc(C)nc2n1Cc1ccc(-c2ccccc2C(=O)O)cc1. The second-order valence-corrected chi connectivity index (χ2v) is 7.56. The molecule has 5 nitrogen and oxygen atoms in total. The van der Waals surface area contributed by atoms with Crippen LogP contribution in [0.15, 0.2) is 60.7 Å². The van der Waals surface area contributed by atoms with Crippen LogP contribution in [0.3, 0.4) is 0 Å². The maximum atomic E-state index is 11.5. The Balaban J connectivity index is 1.68. The molecule has 0 aliphatic heterocycles. The Morgan fingerprint density at radius 3 is 2.50 bits per heavy atom. The van der Waals surface area contributed by atoms with Crippen molar-refractivity contribution in [2.24, 2.45) is 0 Å². The molecule has 0 aliphatic carbocycles. The number of pyridine rings is 1. The second-order valence-electron chi connectivity index (χ2n) is 7.56. The third-order valence-electron chi connectivity index (χ3n) is 5.33. The molecule has 0 bridgehead atoms. The van der Waals surface area contributed by atoms with Crippen molar-refractivity contribution in [1.82, 2.24) is 14.5 Å². The van der Waals surface area contributed by atoms with Crippen molar-refractivity contribution in [1.29, 1.82) is 0 Å². The van der Waals surface area contributed by atoms with Gasteiger partial charge in [-0.3, -0.25) is 0 Å². The highest BCUT2D eigenvalue weighted by molar-refractivity contribution is 5.96. The number of carboxylic acids is 1. The summed E-state index contributed by atoms with van der Waals surface area (Å²) in [6.45, 7) is 4.87. The van der Waals surface area contributed by atoms with E-state index in [9.17, 15) is 9.90 Å². The Morgan fingerprint density at radius 2 is 1.77 bits per heavy atom. The average molecular weight is 399 g/mol. The summed E-state index contributed by atoms with van der Waals surface area (Å²) in [5, 5.41) is 9.46. The van der Waals surface area contributed by atoms with E-state index < -0.39 is 5.97 Å². The van der Waals surface area contributed by atoms with Crippen LogP contribution in [-0.4, -0.2) is 25.6 Å². The number of nitrogens with zero attached hydrogens (tertiary/aromatic N) is 3. The molecule has 30 heavy (non-hydrogen) atoms. The summed E-state index contributed by atoms with van der Waals surface area (Å²) in [7, 11) is 0. The van der Waals surface area contributed by atoms with Gasteiger partial charge >= 0.3 is 5.97 Å². The average Bonchev–Trinajstić information content (AvgIpc) is 3.09. The number of benzene rings is 2. The molecule has 0 saturated carbocycles. The summed E-state index contributed by atoms with van der Waals surface area (Å²) in [5.74, 6) is 0.145. The fourth-order valence-electron chi connectivity index (χ4n) is 3.73. The maximum absolute atomic E-state index is 11.5. The highest BCUT2D eigenvalue weighted by Gasteiger charge is 2.14. The van der Waals surface area contributed by atoms with Gasteiger partial charge in [-0.25, -0.2) is 14.8 Å². The molecule has 0 fully saturated rings. The molecule has 0 radical (unpaired) electrons. The van der Waals surface area contributed by atoms with Gasteiger partial charge in [0.1, 0.15) is 11.3 Å². The number of hydrogen-bond donors (Lipinski definition) is 1. The quantitative estimate of drug-likeness (QED) is 0.446. The van der Waals surface area contributed by atoms with Crippen LogP contribution in [0.4, 0.5) is 0 Å². The third kappa shape index (κ3) is 3.96. The summed E-state index contributed by atoms with van der Waals surface area (Å²) in [6, 6.07) is 19.2. The largest absolute Gasteiger partial charge is 0.478 e. The number of aryl methyl sites for hydroxylation is 2. The Morgan fingerprint density at radius 1 is 1.00 bits per heavy atom. The van der Waals surface area contributed by atoms with E-state index in [1.54, 1.807) is 12.1 Å². The highest BCUT2D eigenvalue weighted by atomic mass is 16.4. The van der Waals surface area contributed by atoms with Crippen molar-refractivity contribution < 1.29 is 9.90 Å². The molecular formula is C25H25N3O2. The number of carbonyl (C=O) groups is 1. The topological polar surface area (TPSA) is 68.0 Å². The van der Waals surface area contributed by atoms with Gasteiger partial charge in [-0.1, -0.05) is 55.8 Å². The van der Waals surface area contributed by atoms with E-state index in [4.69, 9.17) is 9.97 Å². The lowest BCUT2D eigenvalue weighted by Gasteiger charge is -2.11. The third-order valence-corrected chi connectivity index (χ3v) is 5.33. The van der Waals surface area contributed by atoms with Crippen LogP contribution < -0.4 is 0 Å². The summed E-state index contributed by atoms with van der Waals surface area (Å²) in [6.07, 6.45) is 3.14. The summed E-state index contributed by atoms with van der Waals surface area (Å²) in [5.41, 5.74) is 5.89. The van der Waals surface area contributed by atoms with Crippen LogP contribution in [0.1, 0.15) is 47.2 Å². The molecule has 0 spiro atoms. The van der Waals surface area contributed by atoms with E-state index in [-0.39, 0.29) is 0 Å². The Bertz CT molecular complexity index is 1190. The number of carboxylic acid groups (broad SMARTS) is 1. The molecule has 2 aromatic heterocycles. The van der Waals surface area contributed by atoms with Gasteiger partial charge < -0.3 is 9.67 Å². The van der Waals surface area contributed by atoms with Crippen LogP contribution in [0, 0.1) is 6.92 Å². The minimum Gasteiger partial charge on any atom is -0.478 e. The zero-order valence-electron chi connectivity index (χ0n) is 17.3. The van der Waals surface area contributed by atoms with Crippen molar-refractivity contribution in [2.75, 3.05) is 0 Å². The van der Waals surface area contributed by atoms with Gasteiger partial charge in [-0.15, -0.1) is 0 Å². The van der Waals surface area contributed by atoms with Crippen molar-refractivity contribution in [2.45, 2.75) is 39.7 Å². The molecule has 0 atom stereocenters. The Hall–Kier alpha value is -3.47. The van der Waals surface area contributed by atoms with E-state index in [0.717, 1.165) is 58.6 Å². The normalized spacial score (nSPS) is 11.1. The number of imidazole rings is 1. The smallest absolute Gasteiger partial charge is 0.336 e. The molecule has 0 aliphatic rings. The van der Waals surface area contributed by atoms with Gasteiger partial charge in [0.15, 0.2) is 5.65 Å². The predicted molar refractivity (Wildman–Crippen MR) is 119 cm³/mol. The fraction of sp³-hybridized carbons (Fsp3) is 0.240. The van der Waals surface area contributed by atoms with E-state index >= 15 is 0 Å². The molecule has 5 heteroatoms. The zero-order valence-corrected chi connectivity index (χ0v) is 17.3. The summed E-state index contributed by atoms with van der Waals surface area (Å²) >= 11 is 0. The van der Waals surface area contributed by atoms with Gasteiger partial charge in [0.05, 0.1) is 12.1 Å². The number of unbranched alkanes of at least 4 members (excludes halogenated alkanes) is 1. The minimum atomic E-state index is -0.915. The standard InChI is InChI=1S/C25H25N3O2/c1-3-4-9-23-27-22-15-10-17(2)26-24(22)28(23)16-18-11-13-19(14-12-18)20-7-5-6-8-21(20)25(29)30/h5-8,10-15H,3-4,9,16H2,1-2H3,(H,29,30).